The topological polar surface area (TPSA) is 58.2 Å². The van der Waals surface area contributed by atoms with Gasteiger partial charge in [0.25, 0.3) is 5.91 Å². The zero-order valence-corrected chi connectivity index (χ0v) is 17.3. The van der Waals surface area contributed by atoms with Crippen LogP contribution in [0.25, 0.3) is 0 Å². The number of hydrogen-bond donors (Lipinski definition) is 2. The highest BCUT2D eigenvalue weighted by atomic mass is 19.1. The summed E-state index contributed by atoms with van der Waals surface area (Å²) in [6.07, 6.45) is 5.69. The van der Waals surface area contributed by atoms with E-state index in [1.165, 1.54) is 12.5 Å². The molecule has 30 heavy (non-hydrogen) atoms. The Hall–Kier alpha value is -3.13. The van der Waals surface area contributed by atoms with Crippen molar-refractivity contribution in [1.82, 2.24) is 10.6 Å². The normalized spacial score (nSPS) is 14.9. The number of rotatable bonds is 5. The third kappa shape index (κ3) is 5.70. The van der Waals surface area contributed by atoms with Gasteiger partial charge in [0.2, 0.25) is 5.91 Å². The van der Waals surface area contributed by atoms with E-state index in [1.54, 1.807) is 49.5 Å². The van der Waals surface area contributed by atoms with E-state index in [4.69, 9.17) is 0 Å². The van der Waals surface area contributed by atoms with Gasteiger partial charge in [0, 0.05) is 31.1 Å². The number of carbonyl (C=O) groups is 2. The summed E-state index contributed by atoms with van der Waals surface area (Å²) in [4.78, 5) is 24.6. The summed E-state index contributed by atoms with van der Waals surface area (Å²) in [5.41, 5.74) is 1.42. The quantitative estimate of drug-likeness (QED) is 0.737. The molecule has 2 aromatic carbocycles. The summed E-state index contributed by atoms with van der Waals surface area (Å²) >= 11 is 0. The molecular formula is C25H27FN2O2. The molecule has 0 atom stereocenters. The van der Waals surface area contributed by atoms with Crippen molar-refractivity contribution in [3.8, 4) is 11.8 Å². The van der Waals surface area contributed by atoms with Crippen molar-refractivity contribution in [2.24, 2.45) is 5.41 Å². The van der Waals surface area contributed by atoms with E-state index in [-0.39, 0.29) is 23.0 Å². The molecule has 1 aliphatic rings. The maximum absolute atomic E-state index is 13.7. The molecule has 2 N–H and O–H groups in total. The summed E-state index contributed by atoms with van der Waals surface area (Å²) in [5.74, 6) is 5.23. The van der Waals surface area contributed by atoms with E-state index in [9.17, 15) is 14.0 Å². The second-order valence-corrected chi connectivity index (χ2v) is 7.90. The summed E-state index contributed by atoms with van der Waals surface area (Å²) in [6, 6.07) is 13.3. The van der Waals surface area contributed by atoms with Crippen molar-refractivity contribution < 1.29 is 14.0 Å². The number of hydrogen-bond acceptors (Lipinski definition) is 2. The maximum Gasteiger partial charge on any atom is 0.251 e. The lowest BCUT2D eigenvalue weighted by molar-refractivity contribution is -0.123. The predicted octanol–water partition coefficient (Wildman–Crippen LogP) is 4.04. The molecule has 4 nitrogen and oxygen atoms in total. The van der Waals surface area contributed by atoms with Gasteiger partial charge in [0.15, 0.2) is 0 Å². The first-order valence-corrected chi connectivity index (χ1v) is 10.4. The molecule has 1 fully saturated rings. The Morgan fingerprint density at radius 1 is 1.00 bits per heavy atom. The molecule has 0 saturated heterocycles. The molecule has 0 radical (unpaired) electrons. The van der Waals surface area contributed by atoms with E-state index < -0.39 is 0 Å². The molecule has 156 valence electrons. The highest BCUT2D eigenvalue weighted by molar-refractivity contribution is 5.94. The molecule has 0 heterocycles. The van der Waals surface area contributed by atoms with Gasteiger partial charge in [0.05, 0.1) is 5.56 Å². The Morgan fingerprint density at radius 2 is 1.70 bits per heavy atom. The smallest absolute Gasteiger partial charge is 0.251 e. The molecule has 3 rings (SSSR count). The number of benzene rings is 2. The van der Waals surface area contributed by atoms with Gasteiger partial charge in [-0.25, -0.2) is 4.39 Å². The summed E-state index contributed by atoms with van der Waals surface area (Å²) in [5, 5.41) is 5.72. The van der Waals surface area contributed by atoms with Crippen LogP contribution in [0.2, 0.25) is 0 Å². The first-order valence-electron chi connectivity index (χ1n) is 10.4. The minimum absolute atomic E-state index is 0.0175. The average Bonchev–Trinajstić information content (AvgIpc) is 2.78. The van der Waals surface area contributed by atoms with Crippen LogP contribution in [0.5, 0.6) is 0 Å². The highest BCUT2D eigenvalue weighted by Crippen LogP contribution is 2.38. The molecule has 1 aliphatic carbocycles. The number of amides is 2. The molecule has 0 aliphatic heterocycles. The third-order valence-electron chi connectivity index (χ3n) is 5.72. The van der Waals surface area contributed by atoms with Crippen molar-refractivity contribution in [3.63, 3.8) is 0 Å². The lowest BCUT2D eigenvalue weighted by Crippen LogP contribution is -2.42. The molecule has 0 unspecified atom stereocenters. The fourth-order valence-corrected chi connectivity index (χ4v) is 3.92. The van der Waals surface area contributed by atoms with E-state index >= 15 is 0 Å². The van der Waals surface area contributed by atoms with Crippen LogP contribution in [0, 0.1) is 23.1 Å². The Morgan fingerprint density at radius 3 is 2.37 bits per heavy atom. The maximum atomic E-state index is 13.7. The summed E-state index contributed by atoms with van der Waals surface area (Å²) in [6.45, 7) is 0.494. The van der Waals surface area contributed by atoms with Crippen LogP contribution in [0.15, 0.2) is 48.5 Å². The first-order chi connectivity index (χ1) is 14.5. The van der Waals surface area contributed by atoms with Gasteiger partial charge < -0.3 is 10.6 Å². The van der Waals surface area contributed by atoms with Crippen molar-refractivity contribution in [1.29, 1.82) is 0 Å². The Labute approximate surface area is 177 Å². The molecule has 2 amide bonds. The fourth-order valence-electron chi connectivity index (χ4n) is 3.92. The van der Waals surface area contributed by atoms with Gasteiger partial charge in [0.1, 0.15) is 5.82 Å². The van der Waals surface area contributed by atoms with Crippen molar-refractivity contribution in [3.05, 3.63) is 71.0 Å². The lowest BCUT2D eigenvalue weighted by Gasteiger charge is -2.37. The molecular weight excluding hydrogens is 379 g/mol. The van der Waals surface area contributed by atoms with E-state index in [0.29, 0.717) is 29.7 Å². The molecule has 0 bridgehead atoms. The molecule has 2 aromatic rings. The van der Waals surface area contributed by atoms with Gasteiger partial charge >= 0.3 is 0 Å². The SMILES string of the molecule is CNC(=O)CC1(CNC(=O)c2ccc(C#Cc3ccccc3F)cc2)CCCCC1. The molecule has 0 aromatic heterocycles. The Kier molecular flexibility index (Phi) is 7.24. The molecule has 1 saturated carbocycles. The molecule has 0 spiro atoms. The Bertz CT molecular complexity index is 951. The predicted molar refractivity (Wildman–Crippen MR) is 115 cm³/mol. The van der Waals surface area contributed by atoms with Crippen LogP contribution in [-0.4, -0.2) is 25.4 Å². The average molecular weight is 407 g/mol. The van der Waals surface area contributed by atoms with Crippen LogP contribution < -0.4 is 10.6 Å². The van der Waals surface area contributed by atoms with Crippen molar-refractivity contribution in [2.75, 3.05) is 13.6 Å². The van der Waals surface area contributed by atoms with Crippen LogP contribution in [0.1, 0.15) is 60.0 Å². The minimum Gasteiger partial charge on any atom is -0.359 e. The highest BCUT2D eigenvalue weighted by Gasteiger charge is 2.34. The van der Waals surface area contributed by atoms with Crippen molar-refractivity contribution >= 4 is 11.8 Å². The van der Waals surface area contributed by atoms with Crippen LogP contribution in [-0.2, 0) is 4.79 Å². The fraction of sp³-hybridized carbons (Fsp3) is 0.360. The van der Waals surface area contributed by atoms with Gasteiger partial charge in [-0.15, -0.1) is 0 Å². The third-order valence-corrected chi connectivity index (χ3v) is 5.72. The minimum atomic E-state index is -0.352. The zero-order valence-electron chi connectivity index (χ0n) is 17.3. The zero-order chi connectivity index (χ0) is 21.4. The number of halogens is 1. The van der Waals surface area contributed by atoms with E-state index in [2.05, 4.69) is 22.5 Å². The van der Waals surface area contributed by atoms with Gasteiger partial charge in [-0.1, -0.05) is 43.2 Å². The van der Waals surface area contributed by atoms with E-state index in [0.717, 1.165) is 25.7 Å². The molecule has 5 heteroatoms. The lowest BCUT2D eigenvalue weighted by atomic mass is 9.71. The van der Waals surface area contributed by atoms with Crippen LogP contribution in [0.3, 0.4) is 0 Å². The summed E-state index contributed by atoms with van der Waals surface area (Å²) < 4.78 is 13.7. The summed E-state index contributed by atoms with van der Waals surface area (Å²) in [7, 11) is 1.65. The van der Waals surface area contributed by atoms with Gasteiger partial charge in [-0.05, 0) is 54.7 Å². The monoisotopic (exact) mass is 406 g/mol. The Balaban J connectivity index is 1.63. The van der Waals surface area contributed by atoms with Gasteiger partial charge in [-0.2, -0.15) is 0 Å². The number of carbonyl (C=O) groups excluding carboxylic acids is 2. The van der Waals surface area contributed by atoms with Crippen LogP contribution >= 0.6 is 0 Å². The second kappa shape index (κ2) is 10.1. The number of nitrogens with one attached hydrogen (secondary N) is 2. The first kappa shape index (κ1) is 21.6. The largest absolute Gasteiger partial charge is 0.359 e. The second-order valence-electron chi connectivity index (χ2n) is 7.90. The standard InChI is InChI=1S/C25H27FN2O2/c1-27-23(29)17-25(15-5-2-6-16-25)18-28-24(30)21-13-10-19(11-14-21)9-12-20-7-3-4-8-22(20)26/h3-4,7-8,10-11,13-14H,2,5-6,15-18H2,1H3,(H,27,29)(H,28,30). The van der Waals surface area contributed by atoms with Crippen molar-refractivity contribution in [2.45, 2.75) is 38.5 Å². The van der Waals surface area contributed by atoms with Crippen LogP contribution in [0.4, 0.5) is 4.39 Å². The van der Waals surface area contributed by atoms with E-state index in [1.807, 2.05) is 0 Å². The van der Waals surface area contributed by atoms with Gasteiger partial charge in [-0.3, -0.25) is 9.59 Å².